The number of benzene rings is 4. The zero-order valence-electron chi connectivity index (χ0n) is 17.4. The van der Waals surface area contributed by atoms with Crippen molar-refractivity contribution in [1.82, 2.24) is 5.32 Å². The quantitative estimate of drug-likeness (QED) is 0.378. The minimum atomic E-state index is -0.682. The van der Waals surface area contributed by atoms with Gasteiger partial charge in [0, 0.05) is 16.3 Å². The van der Waals surface area contributed by atoms with E-state index in [1.807, 2.05) is 78.9 Å². The van der Waals surface area contributed by atoms with Crippen molar-refractivity contribution in [1.29, 1.82) is 0 Å². The van der Waals surface area contributed by atoms with Crippen molar-refractivity contribution in [3.05, 3.63) is 113 Å². The first kappa shape index (κ1) is 21.6. The number of ketones is 1. The predicted octanol–water partition coefficient (Wildman–Crippen LogP) is 5.52. The van der Waals surface area contributed by atoms with Gasteiger partial charge in [-0.1, -0.05) is 78.3 Å². The number of amides is 1. The van der Waals surface area contributed by atoms with Gasteiger partial charge in [-0.2, -0.15) is 0 Å². The summed E-state index contributed by atoms with van der Waals surface area (Å²) in [5.74, 6) is -0.369. The molecule has 0 saturated heterocycles. The van der Waals surface area contributed by atoms with Crippen LogP contribution in [0.4, 0.5) is 5.69 Å². The largest absolute Gasteiger partial charge is 0.378 e. The summed E-state index contributed by atoms with van der Waals surface area (Å²) in [6.07, 6.45) is 0.378. The number of hydrogen-bond donors (Lipinski definition) is 2. The molecule has 0 bridgehead atoms. The average Bonchev–Trinajstić information content (AvgIpc) is 2.83. The fourth-order valence-electron chi connectivity index (χ4n) is 3.63. The minimum absolute atomic E-state index is 0.0996. The molecule has 0 fully saturated rings. The van der Waals surface area contributed by atoms with Crippen LogP contribution in [-0.2, 0) is 11.2 Å². The number of rotatable bonds is 8. The number of anilines is 1. The number of hydrogen-bond acceptors (Lipinski definition) is 3. The SMILES string of the molecule is O=C(NC(Cc1ccc(Cl)cc1)C(=O)CNc1ccccc1)c1cccc2ccccc12. The Morgan fingerprint density at radius 3 is 2.25 bits per heavy atom. The molecule has 4 rings (SSSR count). The van der Waals surface area contributed by atoms with Gasteiger partial charge in [0.25, 0.3) is 5.91 Å². The highest BCUT2D eigenvalue weighted by atomic mass is 35.5. The molecular formula is C27H23ClN2O2. The van der Waals surface area contributed by atoms with E-state index in [4.69, 9.17) is 11.6 Å². The van der Waals surface area contributed by atoms with Crippen molar-refractivity contribution in [2.45, 2.75) is 12.5 Å². The third-order valence-electron chi connectivity index (χ3n) is 5.32. The van der Waals surface area contributed by atoms with Gasteiger partial charge in [0.1, 0.15) is 0 Å². The molecule has 4 nitrogen and oxygen atoms in total. The molecule has 1 atom stereocenters. The Labute approximate surface area is 192 Å². The van der Waals surface area contributed by atoms with Crippen LogP contribution in [0, 0.1) is 0 Å². The molecule has 1 unspecified atom stereocenters. The van der Waals surface area contributed by atoms with E-state index in [1.165, 1.54) is 0 Å². The minimum Gasteiger partial charge on any atom is -0.378 e. The second-order valence-electron chi connectivity index (χ2n) is 7.57. The Morgan fingerprint density at radius 2 is 1.47 bits per heavy atom. The highest BCUT2D eigenvalue weighted by molar-refractivity contribution is 6.30. The molecule has 0 aliphatic rings. The van der Waals surface area contributed by atoms with Crippen LogP contribution >= 0.6 is 11.6 Å². The Hall–Kier alpha value is -3.63. The zero-order chi connectivity index (χ0) is 22.3. The third-order valence-corrected chi connectivity index (χ3v) is 5.57. The lowest BCUT2D eigenvalue weighted by atomic mass is 10.00. The molecule has 0 aliphatic heterocycles. The van der Waals surface area contributed by atoms with Crippen LogP contribution in [0.1, 0.15) is 15.9 Å². The molecule has 0 aromatic heterocycles. The van der Waals surface area contributed by atoms with E-state index >= 15 is 0 Å². The molecule has 4 aromatic rings. The van der Waals surface area contributed by atoms with E-state index in [2.05, 4.69) is 10.6 Å². The maximum atomic E-state index is 13.2. The summed E-state index contributed by atoms with van der Waals surface area (Å²) in [5.41, 5.74) is 2.32. The van der Waals surface area contributed by atoms with Crippen molar-refractivity contribution in [2.75, 3.05) is 11.9 Å². The van der Waals surface area contributed by atoms with Crippen LogP contribution < -0.4 is 10.6 Å². The summed E-state index contributed by atoms with van der Waals surface area (Å²) in [6.45, 7) is 0.109. The van der Waals surface area contributed by atoms with Crippen LogP contribution in [0.5, 0.6) is 0 Å². The van der Waals surface area contributed by atoms with Crippen molar-refractivity contribution >= 4 is 39.8 Å². The van der Waals surface area contributed by atoms with Gasteiger partial charge in [-0.05, 0) is 53.1 Å². The summed E-state index contributed by atoms with van der Waals surface area (Å²) >= 11 is 6.00. The average molecular weight is 443 g/mol. The van der Waals surface area contributed by atoms with Crippen molar-refractivity contribution in [3.8, 4) is 0 Å². The number of Topliss-reactive ketones (excluding diaryl/α,β-unsaturated/α-hetero) is 1. The van der Waals surface area contributed by atoms with Gasteiger partial charge < -0.3 is 10.6 Å². The zero-order valence-corrected chi connectivity index (χ0v) is 18.2. The number of carbonyl (C=O) groups is 2. The summed E-state index contributed by atoms with van der Waals surface area (Å²) in [4.78, 5) is 26.3. The fraction of sp³-hybridized carbons (Fsp3) is 0.111. The van der Waals surface area contributed by atoms with E-state index in [0.29, 0.717) is 17.0 Å². The van der Waals surface area contributed by atoms with Gasteiger partial charge >= 0.3 is 0 Å². The first-order chi connectivity index (χ1) is 15.6. The molecule has 5 heteroatoms. The number of para-hydroxylation sites is 1. The molecule has 160 valence electrons. The smallest absolute Gasteiger partial charge is 0.252 e. The van der Waals surface area contributed by atoms with Gasteiger partial charge in [-0.3, -0.25) is 9.59 Å². The fourth-order valence-corrected chi connectivity index (χ4v) is 3.76. The molecule has 0 aliphatic carbocycles. The molecular weight excluding hydrogens is 420 g/mol. The lowest BCUT2D eigenvalue weighted by Gasteiger charge is -2.19. The van der Waals surface area contributed by atoms with Crippen molar-refractivity contribution in [2.24, 2.45) is 0 Å². The van der Waals surface area contributed by atoms with Crippen LogP contribution in [0.2, 0.25) is 5.02 Å². The summed E-state index contributed by atoms with van der Waals surface area (Å²) in [7, 11) is 0. The van der Waals surface area contributed by atoms with E-state index in [9.17, 15) is 9.59 Å². The van der Waals surface area contributed by atoms with Gasteiger partial charge in [0.2, 0.25) is 0 Å². The maximum absolute atomic E-state index is 13.2. The topological polar surface area (TPSA) is 58.2 Å². The van der Waals surface area contributed by atoms with E-state index in [1.54, 1.807) is 18.2 Å². The van der Waals surface area contributed by atoms with Gasteiger partial charge in [0.15, 0.2) is 5.78 Å². The van der Waals surface area contributed by atoms with Crippen LogP contribution in [0.25, 0.3) is 10.8 Å². The molecule has 1 amide bonds. The lowest BCUT2D eigenvalue weighted by Crippen LogP contribution is -2.44. The Kier molecular flexibility index (Phi) is 6.83. The van der Waals surface area contributed by atoms with Crippen LogP contribution in [-0.4, -0.2) is 24.3 Å². The number of halogens is 1. The Balaban J connectivity index is 1.55. The molecule has 0 saturated carbocycles. The monoisotopic (exact) mass is 442 g/mol. The van der Waals surface area contributed by atoms with E-state index < -0.39 is 6.04 Å². The molecule has 0 spiro atoms. The Morgan fingerprint density at radius 1 is 0.781 bits per heavy atom. The molecule has 4 aromatic carbocycles. The second kappa shape index (κ2) is 10.1. The van der Waals surface area contributed by atoms with Crippen molar-refractivity contribution in [3.63, 3.8) is 0 Å². The van der Waals surface area contributed by atoms with E-state index in [0.717, 1.165) is 22.0 Å². The standard InChI is InChI=1S/C27H23ClN2O2/c28-21-15-13-19(14-16-21)17-25(26(31)18-29-22-9-2-1-3-10-22)30-27(32)24-12-6-8-20-7-4-5-11-23(20)24/h1-16,25,29H,17-18H2,(H,30,32). The molecule has 32 heavy (non-hydrogen) atoms. The normalized spacial score (nSPS) is 11.7. The molecule has 2 N–H and O–H groups in total. The van der Waals surface area contributed by atoms with Gasteiger partial charge in [-0.15, -0.1) is 0 Å². The first-order valence-corrected chi connectivity index (χ1v) is 10.8. The predicted molar refractivity (Wildman–Crippen MR) is 130 cm³/mol. The van der Waals surface area contributed by atoms with Crippen LogP contribution in [0.15, 0.2) is 97.1 Å². The number of carbonyl (C=O) groups excluding carboxylic acids is 2. The van der Waals surface area contributed by atoms with Gasteiger partial charge in [0.05, 0.1) is 12.6 Å². The third kappa shape index (κ3) is 5.34. The van der Waals surface area contributed by atoms with E-state index in [-0.39, 0.29) is 18.2 Å². The summed E-state index contributed by atoms with van der Waals surface area (Å²) in [5, 5.41) is 8.56. The molecule has 0 heterocycles. The van der Waals surface area contributed by atoms with Crippen LogP contribution in [0.3, 0.4) is 0 Å². The second-order valence-corrected chi connectivity index (χ2v) is 8.01. The number of fused-ring (bicyclic) bond motifs is 1. The lowest BCUT2D eigenvalue weighted by molar-refractivity contribution is -0.119. The highest BCUT2D eigenvalue weighted by Crippen LogP contribution is 2.19. The number of nitrogens with one attached hydrogen (secondary N) is 2. The first-order valence-electron chi connectivity index (χ1n) is 10.4. The molecule has 0 radical (unpaired) electrons. The maximum Gasteiger partial charge on any atom is 0.252 e. The Bertz CT molecular complexity index is 1220. The summed E-state index contributed by atoms with van der Waals surface area (Å²) < 4.78 is 0. The van der Waals surface area contributed by atoms with Crippen molar-refractivity contribution < 1.29 is 9.59 Å². The highest BCUT2D eigenvalue weighted by Gasteiger charge is 2.22. The summed E-state index contributed by atoms with van der Waals surface area (Å²) in [6, 6.07) is 29.5. The van der Waals surface area contributed by atoms with Gasteiger partial charge in [-0.25, -0.2) is 0 Å².